The molecule has 24 heavy (non-hydrogen) atoms. The average molecular weight is 335 g/mol. The first kappa shape index (κ1) is 17.8. The number of benzene rings is 1. The van der Waals surface area contributed by atoms with E-state index in [0.29, 0.717) is 5.69 Å². The molecule has 0 saturated carbocycles. The van der Waals surface area contributed by atoms with Crippen molar-refractivity contribution in [3.63, 3.8) is 0 Å². The summed E-state index contributed by atoms with van der Waals surface area (Å²) in [6, 6.07) is 6.11. The number of rotatable bonds is 7. The van der Waals surface area contributed by atoms with E-state index in [1.807, 2.05) is 0 Å². The minimum atomic E-state index is -1.10. The number of anilines is 2. The highest BCUT2D eigenvalue weighted by Crippen LogP contribution is 2.23. The monoisotopic (exact) mass is 335 g/mol. The topological polar surface area (TPSA) is 104 Å². The molecule has 0 aliphatic heterocycles. The molecule has 0 spiro atoms. The predicted octanol–water partition coefficient (Wildman–Crippen LogP) is 1.29. The zero-order chi connectivity index (χ0) is 17.5. The molecule has 1 amide bonds. The largest absolute Gasteiger partial charge is 0.394 e. The first-order valence-corrected chi connectivity index (χ1v) is 7.19. The summed E-state index contributed by atoms with van der Waals surface area (Å²) >= 11 is 0. The van der Waals surface area contributed by atoms with Crippen LogP contribution in [0.3, 0.4) is 0 Å². The van der Waals surface area contributed by atoms with Gasteiger partial charge in [-0.05, 0) is 30.7 Å². The van der Waals surface area contributed by atoms with Crippen molar-refractivity contribution in [3.8, 4) is 0 Å². The summed E-state index contributed by atoms with van der Waals surface area (Å²) in [4.78, 5) is 20.9. The van der Waals surface area contributed by atoms with E-state index in [0.717, 1.165) is 5.56 Å². The first-order chi connectivity index (χ1) is 11.5. The van der Waals surface area contributed by atoms with Crippen molar-refractivity contribution in [3.05, 3.63) is 53.6 Å². The molecular weight excluding hydrogens is 317 g/mol. The van der Waals surface area contributed by atoms with Gasteiger partial charge in [0.25, 0.3) is 5.91 Å². The van der Waals surface area contributed by atoms with Gasteiger partial charge < -0.3 is 15.5 Å². The van der Waals surface area contributed by atoms with Gasteiger partial charge in [0.15, 0.2) is 0 Å². The molecule has 0 fully saturated rings. The molecule has 4 N–H and O–H groups in total. The van der Waals surface area contributed by atoms with Crippen LogP contribution in [0.15, 0.2) is 36.7 Å². The predicted molar refractivity (Wildman–Crippen MR) is 85.2 cm³/mol. The number of aliphatic hydroxyl groups excluding tert-OH is 2. The molecule has 1 aromatic carbocycles. The van der Waals surface area contributed by atoms with E-state index in [4.69, 9.17) is 15.1 Å². The van der Waals surface area contributed by atoms with Gasteiger partial charge in [0.1, 0.15) is 18.5 Å². The number of aliphatic hydroxyl groups is 2. The Morgan fingerprint density at radius 2 is 2.17 bits per heavy atom. The van der Waals surface area contributed by atoms with Crippen LogP contribution in [0.2, 0.25) is 0 Å². The molecule has 128 valence electrons. The van der Waals surface area contributed by atoms with Crippen LogP contribution < -0.4 is 10.8 Å². The lowest BCUT2D eigenvalue weighted by molar-refractivity contribution is -0.0295. The Labute approximate surface area is 138 Å². The van der Waals surface area contributed by atoms with E-state index in [-0.39, 0.29) is 17.9 Å². The van der Waals surface area contributed by atoms with Gasteiger partial charge in [-0.15, -0.1) is 0 Å². The van der Waals surface area contributed by atoms with Crippen LogP contribution in [-0.2, 0) is 4.84 Å². The van der Waals surface area contributed by atoms with Crippen LogP contribution in [0.25, 0.3) is 0 Å². The van der Waals surface area contributed by atoms with Gasteiger partial charge in [-0.25, -0.2) is 9.87 Å². The van der Waals surface area contributed by atoms with Crippen molar-refractivity contribution in [2.24, 2.45) is 0 Å². The minimum absolute atomic E-state index is 0.184. The second kappa shape index (κ2) is 8.34. The zero-order valence-electron chi connectivity index (χ0n) is 13.0. The molecule has 1 aromatic heterocycles. The Bertz CT molecular complexity index is 711. The molecule has 8 heteroatoms. The van der Waals surface area contributed by atoms with E-state index in [1.54, 1.807) is 19.1 Å². The number of nitrogens with zero attached hydrogens (tertiary/aromatic N) is 1. The summed E-state index contributed by atoms with van der Waals surface area (Å²) in [5.74, 6) is -1.05. The Morgan fingerprint density at radius 1 is 1.38 bits per heavy atom. The Morgan fingerprint density at radius 3 is 2.88 bits per heavy atom. The Hall–Kier alpha value is -2.55. The molecule has 0 aliphatic carbocycles. The Kier molecular flexibility index (Phi) is 6.19. The van der Waals surface area contributed by atoms with Gasteiger partial charge in [-0.2, -0.15) is 0 Å². The molecule has 1 atom stereocenters. The van der Waals surface area contributed by atoms with E-state index in [9.17, 15) is 9.18 Å². The van der Waals surface area contributed by atoms with Crippen LogP contribution in [0, 0.1) is 12.7 Å². The summed E-state index contributed by atoms with van der Waals surface area (Å²) in [5.41, 5.74) is 3.61. The number of aryl methyl sites for hydroxylation is 1. The number of hydroxylamine groups is 1. The van der Waals surface area contributed by atoms with Gasteiger partial charge in [0, 0.05) is 6.20 Å². The maximum absolute atomic E-state index is 13.9. The molecular formula is C16H18FN3O4. The molecule has 0 saturated heterocycles. The summed E-state index contributed by atoms with van der Waals surface area (Å²) in [7, 11) is 0. The fraction of sp³-hybridized carbons (Fsp3) is 0.250. The lowest BCUT2D eigenvalue weighted by Gasteiger charge is -2.13. The lowest BCUT2D eigenvalue weighted by Crippen LogP contribution is -2.30. The quantitative estimate of drug-likeness (QED) is 0.569. The number of carbonyl (C=O) groups is 1. The smallest absolute Gasteiger partial charge is 0.277 e. The average Bonchev–Trinajstić information content (AvgIpc) is 2.57. The van der Waals surface area contributed by atoms with Crippen LogP contribution >= 0.6 is 0 Å². The van der Waals surface area contributed by atoms with Gasteiger partial charge in [-0.3, -0.25) is 14.6 Å². The molecule has 0 radical (unpaired) electrons. The fourth-order valence-corrected chi connectivity index (χ4v) is 1.87. The maximum Gasteiger partial charge on any atom is 0.277 e. The number of amides is 1. The molecule has 0 unspecified atom stereocenters. The van der Waals surface area contributed by atoms with Crippen molar-refractivity contribution in [2.45, 2.75) is 13.0 Å². The third kappa shape index (κ3) is 4.72. The van der Waals surface area contributed by atoms with E-state index >= 15 is 0 Å². The minimum Gasteiger partial charge on any atom is -0.394 e. The van der Waals surface area contributed by atoms with E-state index in [1.165, 1.54) is 24.5 Å². The van der Waals surface area contributed by atoms with Gasteiger partial charge in [0.05, 0.1) is 29.7 Å². The summed E-state index contributed by atoms with van der Waals surface area (Å²) < 4.78 is 13.9. The molecule has 0 bridgehead atoms. The van der Waals surface area contributed by atoms with Crippen LogP contribution in [0.4, 0.5) is 15.8 Å². The number of pyridine rings is 1. The maximum atomic E-state index is 13.9. The van der Waals surface area contributed by atoms with Gasteiger partial charge in [0.2, 0.25) is 0 Å². The molecule has 2 aromatic rings. The van der Waals surface area contributed by atoms with Crippen molar-refractivity contribution in [1.29, 1.82) is 0 Å². The molecule has 2 rings (SSSR count). The highest BCUT2D eigenvalue weighted by atomic mass is 19.1. The third-order valence-corrected chi connectivity index (χ3v) is 3.11. The number of aromatic nitrogens is 1. The molecule has 0 aliphatic rings. The number of halogens is 1. The van der Waals surface area contributed by atoms with Crippen LogP contribution in [0.1, 0.15) is 15.9 Å². The number of hydrogen-bond donors (Lipinski definition) is 4. The summed E-state index contributed by atoms with van der Waals surface area (Å²) in [6.07, 6.45) is 1.70. The Balaban J connectivity index is 2.10. The summed E-state index contributed by atoms with van der Waals surface area (Å²) in [5, 5.41) is 20.6. The second-order valence-corrected chi connectivity index (χ2v) is 5.11. The van der Waals surface area contributed by atoms with Crippen molar-refractivity contribution in [1.82, 2.24) is 10.5 Å². The van der Waals surface area contributed by atoms with Crippen molar-refractivity contribution >= 4 is 17.3 Å². The van der Waals surface area contributed by atoms with Gasteiger partial charge >= 0.3 is 0 Å². The zero-order valence-corrected chi connectivity index (χ0v) is 13.0. The highest BCUT2D eigenvalue weighted by molar-refractivity contribution is 5.99. The number of carbonyl (C=O) groups excluding carboxylic acids is 1. The van der Waals surface area contributed by atoms with Crippen LogP contribution in [0.5, 0.6) is 0 Å². The number of nitrogens with one attached hydrogen (secondary N) is 2. The van der Waals surface area contributed by atoms with Gasteiger partial charge in [-0.1, -0.05) is 6.07 Å². The van der Waals surface area contributed by atoms with Crippen LogP contribution in [-0.4, -0.2) is 40.4 Å². The van der Waals surface area contributed by atoms with E-state index < -0.39 is 24.4 Å². The van der Waals surface area contributed by atoms with E-state index in [2.05, 4.69) is 15.8 Å². The van der Waals surface area contributed by atoms with Crippen molar-refractivity contribution in [2.75, 3.05) is 18.5 Å². The standard InChI is InChI=1S/C16H18FN3O4/c1-10-2-3-14(13(17)6-10)19-15-7-18-5-4-12(15)16(23)20-24-9-11(22)8-21/h2-7,11,19,21-22H,8-9H2,1H3,(H,20,23)/t11-/m0/s1. The molecule has 7 nitrogen and oxygen atoms in total. The summed E-state index contributed by atoms with van der Waals surface area (Å²) in [6.45, 7) is 1.03. The third-order valence-electron chi connectivity index (χ3n) is 3.11. The normalized spacial score (nSPS) is 11.8. The SMILES string of the molecule is Cc1ccc(Nc2cnccc2C(=O)NOC[C@@H](O)CO)c(F)c1. The highest BCUT2D eigenvalue weighted by Gasteiger charge is 2.14. The number of hydrogen-bond acceptors (Lipinski definition) is 6. The fourth-order valence-electron chi connectivity index (χ4n) is 1.87. The first-order valence-electron chi connectivity index (χ1n) is 7.19. The van der Waals surface area contributed by atoms with Crippen molar-refractivity contribution < 1.29 is 24.2 Å². The second-order valence-electron chi connectivity index (χ2n) is 5.11. The molecule has 1 heterocycles. The lowest BCUT2D eigenvalue weighted by atomic mass is 10.2.